The molecule has 6 unspecified atom stereocenters. The van der Waals surface area contributed by atoms with Gasteiger partial charge in [0.25, 0.3) is 11.6 Å². The van der Waals surface area contributed by atoms with Crippen LogP contribution in [0.4, 0.5) is 0 Å². The third kappa shape index (κ3) is 7.30. The minimum atomic E-state index is -2.95. The number of carboxylic acids is 2. The summed E-state index contributed by atoms with van der Waals surface area (Å²) in [5, 5.41) is 89.9. The molecule has 10 N–H and O–H groups in total. The quantitative estimate of drug-likeness (QED) is 0.0918. The molecule has 2 saturated heterocycles. The highest BCUT2D eigenvalue weighted by Crippen LogP contribution is 2.42. The highest BCUT2D eigenvalue weighted by molar-refractivity contribution is 5.77. The van der Waals surface area contributed by atoms with Crippen LogP contribution < -0.4 is 10.6 Å². The number of rotatable bonds is 13. The molecule has 12 atom stereocenters. The molecule has 2 rings (SSSR count). The average Bonchev–Trinajstić information content (AvgIpc) is 2.92. The fourth-order valence-electron chi connectivity index (χ4n) is 5.48. The van der Waals surface area contributed by atoms with Gasteiger partial charge in [-0.05, 0) is 13.8 Å². The van der Waals surface area contributed by atoms with Gasteiger partial charge in [0.1, 0.15) is 23.9 Å². The van der Waals surface area contributed by atoms with Crippen LogP contribution in [0, 0.1) is 5.92 Å². The molecule has 0 spiro atoms. The summed E-state index contributed by atoms with van der Waals surface area (Å²) >= 11 is 0. The van der Waals surface area contributed by atoms with Crippen LogP contribution in [0.15, 0.2) is 0 Å². The van der Waals surface area contributed by atoms with Crippen molar-refractivity contribution in [1.29, 1.82) is 0 Å². The van der Waals surface area contributed by atoms with Gasteiger partial charge in [0.15, 0.2) is 0 Å². The summed E-state index contributed by atoms with van der Waals surface area (Å²) in [5.41, 5.74) is -4.76. The molecule has 0 aliphatic carbocycles. The third-order valence-electron chi connectivity index (χ3n) is 8.37. The van der Waals surface area contributed by atoms with Crippen LogP contribution in [0.1, 0.15) is 47.5 Å². The van der Waals surface area contributed by atoms with E-state index in [0.29, 0.717) is 0 Å². The zero-order chi connectivity index (χ0) is 34.0. The Balaban J connectivity index is 2.64. The van der Waals surface area contributed by atoms with Crippen molar-refractivity contribution in [2.75, 3.05) is 20.3 Å². The first-order chi connectivity index (χ1) is 20.1. The molecule has 0 radical (unpaired) electrons. The molecule has 2 heterocycles. The molecular weight excluding hydrogens is 596 g/mol. The van der Waals surface area contributed by atoms with E-state index in [1.165, 1.54) is 13.8 Å². The van der Waals surface area contributed by atoms with Crippen molar-refractivity contribution in [3.63, 3.8) is 0 Å². The molecule has 2 aliphatic rings. The third-order valence-corrected chi connectivity index (χ3v) is 8.37. The molecule has 2 aliphatic heterocycles. The van der Waals surface area contributed by atoms with E-state index in [1.54, 1.807) is 0 Å². The van der Waals surface area contributed by atoms with Crippen molar-refractivity contribution < 1.29 is 79.0 Å². The van der Waals surface area contributed by atoms with Gasteiger partial charge in [-0.2, -0.15) is 0 Å². The second-order valence-electron chi connectivity index (χ2n) is 11.7. The predicted octanol–water partition coefficient (Wildman–Crippen LogP) is -3.99. The van der Waals surface area contributed by atoms with Crippen molar-refractivity contribution in [3.05, 3.63) is 0 Å². The minimum Gasteiger partial charge on any atom is -0.477 e. The van der Waals surface area contributed by atoms with Gasteiger partial charge in [0.05, 0.1) is 36.5 Å². The van der Waals surface area contributed by atoms with Gasteiger partial charge < -0.3 is 70.4 Å². The Hall–Kier alpha value is -2.52. The lowest BCUT2D eigenvalue weighted by molar-refractivity contribution is -0.363. The van der Waals surface area contributed by atoms with Crippen LogP contribution in [0.2, 0.25) is 0 Å². The zero-order valence-electron chi connectivity index (χ0n) is 25.3. The number of aliphatic carboxylic acids is 2. The standard InChI is InChI=1S/C26H44N2O16/c1-11(9-29)23(4,39)19-17(27-12(2)31)15(34)8-26(44-19,22(37)38)42-16(10-30)24(5,40)20-18(28-13(3)32)14(33)7-25(41-6,43-20)21(35)36/h11,14-20,29-30,33-34,39-40H,7-10H2,1-6H3,(H,27,31)(H,28,32)(H,35,36)(H,37,38)/t11?,14-,15-,16?,17-,18-,19?,20?,23?,24?,25-,26-/m1/s1. The normalized spacial score (nSPS) is 36.6. The van der Waals surface area contributed by atoms with Crippen molar-refractivity contribution in [1.82, 2.24) is 10.6 Å². The van der Waals surface area contributed by atoms with Crippen molar-refractivity contribution in [2.24, 2.45) is 5.92 Å². The number of carboxylic acid groups (broad SMARTS) is 2. The smallest absolute Gasteiger partial charge is 0.364 e. The van der Waals surface area contributed by atoms with E-state index in [4.69, 9.17) is 18.9 Å². The van der Waals surface area contributed by atoms with Crippen LogP contribution in [-0.4, -0.2) is 150 Å². The highest BCUT2D eigenvalue weighted by atomic mass is 16.7. The van der Waals surface area contributed by atoms with Gasteiger partial charge in [0, 0.05) is 46.3 Å². The topological polar surface area (TPSA) is 291 Å². The summed E-state index contributed by atoms with van der Waals surface area (Å²) in [6.07, 6.45) is -10.9. The molecule has 254 valence electrons. The number of hydrogen-bond acceptors (Lipinski definition) is 14. The predicted molar refractivity (Wildman–Crippen MR) is 143 cm³/mol. The molecule has 2 fully saturated rings. The zero-order valence-corrected chi connectivity index (χ0v) is 25.3. The molecule has 0 bridgehead atoms. The molecule has 0 aromatic heterocycles. The van der Waals surface area contributed by atoms with Crippen molar-refractivity contribution >= 4 is 23.8 Å². The van der Waals surface area contributed by atoms with Gasteiger partial charge in [-0.1, -0.05) is 6.92 Å². The number of carbonyl (C=O) groups is 4. The number of ether oxygens (including phenoxy) is 4. The second kappa shape index (κ2) is 13.9. The van der Waals surface area contributed by atoms with Gasteiger partial charge in [-0.3, -0.25) is 9.59 Å². The monoisotopic (exact) mass is 640 g/mol. The lowest BCUT2D eigenvalue weighted by Gasteiger charge is -2.53. The summed E-state index contributed by atoms with van der Waals surface area (Å²) in [6, 6.07) is -2.95. The van der Waals surface area contributed by atoms with Crippen LogP contribution in [0.25, 0.3) is 0 Å². The number of carbonyl (C=O) groups excluding carboxylic acids is 2. The first-order valence-corrected chi connectivity index (χ1v) is 13.8. The summed E-state index contributed by atoms with van der Waals surface area (Å²) in [5.74, 6) is -11.5. The van der Waals surface area contributed by atoms with Crippen LogP contribution in [-0.2, 0) is 38.1 Å². The van der Waals surface area contributed by atoms with E-state index in [1.807, 2.05) is 0 Å². The Bertz CT molecular complexity index is 1070. The minimum absolute atomic E-state index is 0.624. The van der Waals surface area contributed by atoms with Crippen LogP contribution >= 0.6 is 0 Å². The Labute approximate surface area is 252 Å². The first kappa shape index (κ1) is 37.7. The Morgan fingerprint density at radius 3 is 1.61 bits per heavy atom. The van der Waals surface area contributed by atoms with E-state index < -0.39 is 121 Å². The number of nitrogens with one attached hydrogen (secondary N) is 2. The van der Waals surface area contributed by atoms with E-state index in [2.05, 4.69) is 10.6 Å². The summed E-state index contributed by atoms with van der Waals surface area (Å²) < 4.78 is 22.1. The fourth-order valence-corrected chi connectivity index (χ4v) is 5.48. The maximum absolute atomic E-state index is 12.7. The molecule has 44 heavy (non-hydrogen) atoms. The van der Waals surface area contributed by atoms with E-state index in [9.17, 15) is 60.0 Å². The summed E-state index contributed by atoms with van der Waals surface area (Å²) in [7, 11) is 0.951. The molecular formula is C26H44N2O16. The largest absolute Gasteiger partial charge is 0.477 e. The van der Waals surface area contributed by atoms with E-state index in [0.717, 1.165) is 27.9 Å². The lowest BCUT2D eigenvalue weighted by Crippen LogP contribution is -2.73. The molecule has 0 aromatic carbocycles. The second-order valence-corrected chi connectivity index (χ2v) is 11.7. The number of aliphatic hydroxyl groups is 6. The lowest BCUT2D eigenvalue weighted by atomic mass is 9.77. The number of hydrogen-bond donors (Lipinski definition) is 10. The fraction of sp³-hybridized carbons (Fsp3) is 0.846. The molecule has 2 amide bonds. The molecule has 0 saturated carbocycles. The van der Waals surface area contributed by atoms with Gasteiger partial charge >= 0.3 is 11.9 Å². The average molecular weight is 641 g/mol. The Morgan fingerprint density at radius 2 is 1.25 bits per heavy atom. The SMILES string of the molecule is CO[C@]1(C(=O)O)C[C@@H](O)[C@@H](NC(C)=O)C(C(C)(O)C(CO)O[C@]2(C(=O)O)C[C@@H](O)[C@@H](NC(C)=O)C(C(C)(O)C(C)CO)O2)O1. The Morgan fingerprint density at radius 1 is 0.841 bits per heavy atom. The van der Waals surface area contributed by atoms with E-state index >= 15 is 0 Å². The van der Waals surface area contributed by atoms with E-state index in [-0.39, 0.29) is 0 Å². The van der Waals surface area contributed by atoms with Crippen LogP contribution in [0.3, 0.4) is 0 Å². The number of methoxy groups -OCH3 is 1. The van der Waals surface area contributed by atoms with Crippen molar-refractivity contribution in [2.45, 2.75) is 113 Å². The maximum atomic E-state index is 12.7. The maximum Gasteiger partial charge on any atom is 0.364 e. The van der Waals surface area contributed by atoms with Crippen LogP contribution in [0.5, 0.6) is 0 Å². The number of amides is 2. The first-order valence-electron chi connectivity index (χ1n) is 13.8. The molecule has 0 aromatic rings. The summed E-state index contributed by atoms with van der Waals surface area (Å²) in [4.78, 5) is 48.7. The van der Waals surface area contributed by atoms with Crippen molar-refractivity contribution in [3.8, 4) is 0 Å². The number of aliphatic hydroxyl groups excluding tert-OH is 4. The van der Waals surface area contributed by atoms with Gasteiger partial charge in [0.2, 0.25) is 11.8 Å². The molecule has 18 nitrogen and oxygen atoms in total. The molecule has 18 heteroatoms. The Kier molecular flexibility index (Phi) is 11.9. The van der Waals surface area contributed by atoms with Gasteiger partial charge in [-0.15, -0.1) is 0 Å². The summed E-state index contributed by atoms with van der Waals surface area (Å²) in [6.45, 7) is 3.85. The highest BCUT2D eigenvalue weighted by Gasteiger charge is 2.63. The van der Waals surface area contributed by atoms with Gasteiger partial charge in [-0.25, -0.2) is 9.59 Å².